The van der Waals surface area contributed by atoms with E-state index in [1.165, 1.54) is 24.8 Å². The van der Waals surface area contributed by atoms with Gasteiger partial charge in [0.2, 0.25) is 0 Å². The highest BCUT2D eigenvalue weighted by Crippen LogP contribution is 2.31. The van der Waals surface area contributed by atoms with E-state index in [0.29, 0.717) is 17.4 Å². The number of carbonyl (C=O) groups excluding carboxylic acids is 1. The Balaban J connectivity index is 1.46. The van der Waals surface area contributed by atoms with Gasteiger partial charge in [0.15, 0.2) is 6.61 Å². The van der Waals surface area contributed by atoms with Gasteiger partial charge in [0.25, 0.3) is 11.6 Å². The van der Waals surface area contributed by atoms with Crippen molar-refractivity contribution < 1.29 is 14.5 Å². The molecule has 0 unspecified atom stereocenters. The molecule has 1 aliphatic heterocycles. The van der Waals surface area contributed by atoms with Gasteiger partial charge in [0.05, 0.1) is 11.1 Å². The minimum absolute atomic E-state index is 0.0131. The van der Waals surface area contributed by atoms with Gasteiger partial charge in [0, 0.05) is 41.4 Å². The average molecular weight is 461 g/mol. The molecule has 1 fully saturated rings. The van der Waals surface area contributed by atoms with E-state index >= 15 is 0 Å². The summed E-state index contributed by atoms with van der Waals surface area (Å²) < 4.78 is 5.70. The monoisotopic (exact) mass is 460 g/mol. The molecule has 1 N–H and O–H groups in total. The van der Waals surface area contributed by atoms with Gasteiger partial charge in [-0.05, 0) is 43.2 Å². The summed E-state index contributed by atoms with van der Waals surface area (Å²) in [5, 5.41) is 17.3. The summed E-state index contributed by atoms with van der Waals surface area (Å²) >= 11 is 0. The highest BCUT2D eigenvalue weighted by Gasteiger charge is 2.24. The number of amides is 1. The maximum absolute atomic E-state index is 12.3. The van der Waals surface area contributed by atoms with Crippen LogP contribution in [-0.4, -0.2) is 36.2 Å². The molecule has 1 amide bonds. The Morgan fingerprint density at radius 1 is 1.21 bits per heavy atom. The van der Waals surface area contributed by atoms with Crippen molar-refractivity contribution in [2.75, 3.05) is 18.1 Å². The van der Waals surface area contributed by atoms with Crippen LogP contribution in [0, 0.1) is 10.1 Å². The summed E-state index contributed by atoms with van der Waals surface area (Å²) in [6.45, 7) is 2.85. The van der Waals surface area contributed by atoms with Crippen molar-refractivity contribution in [3.05, 3.63) is 76.3 Å². The molecular formula is C26H28N4O4. The van der Waals surface area contributed by atoms with Crippen molar-refractivity contribution in [2.45, 2.75) is 38.6 Å². The second-order valence-electron chi connectivity index (χ2n) is 8.31. The summed E-state index contributed by atoms with van der Waals surface area (Å²) in [5.74, 6) is 0.203. The van der Waals surface area contributed by atoms with Gasteiger partial charge in [0.1, 0.15) is 5.75 Å². The van der Waals surface area contributed by atoms with Crippen LogP contribution in [0.15, 0.2) is 65.8 Å². The van der Waals surface area contributed by atoms with E-state index in [1.54, 1.807) is 6.07 Å². The van der Waals surface area contributed by atoms with Crippen LogP contribution < -0.4 is 15.1 Å². The third-order valence-corrected chi connectivity index (χ3v) is 6.13. The number of nitrogens with zero attached hydrogens (tertiary/aromatic N) is 3. The van der Waals surface area contributed by atoms with Crippen LogP contribution >= 0.6 is 0 Å². The third-order valence-electron chi connectivity index (χ3n) is 6.13. The van der Waals surface area contributed by atoms with Crippen molar-refractivity contribution >= 4 is 34.3 Å². The Morgan fingerprint density at radius 2 is 2.03 bits per heavy atom. The number of ether oxygens (including phenoxy) is 1. The van der Waals surface area contributed by atoms with Crippen molar-refractivity contribution in [1.82, 2.24) is 5.43 Å². The fourth-order valence-electron chi connectivity index (χ4n) is 4.43. The number of anilines is 1. The number of benzene rings is 3. The molecule has 8 heteroatoms. The fourth-order valence-corrected chi connectivity index (χ4v) is 4.43. The number of hydrogen-bond acceptors (Lipinski definition) is 6. The molecule has 1 heterocycles. The summed E-state index contributed by atoms with van der Waals surface area (Å²) in [7, 11) is 0. The largest absolute Gasteiger partial charge is 0.483 e. The number of non-ortho nitro benzene ring substituents is 1. The predicted molar refractivity (Wildman–Crippen MR) is 134 cm³/mol. The van der Waals surface area contributed by atoms with Gasteiger partial charge in [-0.25, -0.2) is 5.43 Å². The van der Waals surface area contributed by atoms with Gasteiger partial charge in [-0.2, -0.15) is 5.10 Å². The third kappa shape index (κ3) is 5.33. The van der Waals surface area contributed by atoms with Gasteiger partial charge >= 0.3 is 0 Å². The normalized spacial score (nSPS) is 16.0. The van der Waals surface area contributed by atoms with Crippen LogP contribution in [0.2, 0.25) is 0 Å². The lowest BCUT2D eigenvalue weighted by Crippen LogP contribution is -2.39. The Labute approximate surface area is 198 Å². The zero-order chi connectivity index (χ0) is 23.9. The van der Waals surface area contributed by atoms with Crippen molar-refractivity contribution in [3.63, 3.8) is 0 Å². The molecule has 0 spiro atoms. The van der Waals surface area contributed by atoms with Crippen molar-refractivity contribution in [3.8, 4) is 5.75 Å². The van der Waals surface area contributed by atoms with Gasteiger partial charge in [-0.3, -0.25) is 14.9 Å². The molecular weight excluding hydrogens is 432 g/mol. The van der Waals surface area contributed by atoms with E-state index in [9.17, 15) is 14.9 Å². The predicted octanol–water partition coefficient (Wildman–Crippen LogP) is 5.05. The first kappa shape index (κ1) is 23.2. The molecule has 3 aromatic carbocycles. The van der Waals surface area contributed by atoms with Crippen molar-refractivity contribution in [2.24, 2.45) is 5.10 Å². The van der Waals surface area contributed by atoms with Gasteiger partial charge in [-0.15, -0.1) is 0 Å². The van der Waals surface area contributed by atoms with E-state index < -0.39 is 10.8 Å². The first-order valence-electron chi connectivity index (χ1n) is 11.5. The van der Waals surface area contributed by atoms with E-state index in [1.807, 2.05) is 42.5 Å². The van der Waals surface area contributed by atoms with Crippen LogP contribution in [0.25, 0.3) is 10.8 Å². The highest BCUT2D eigenvalue weighted by atomic mass is 16.6. The van der Waals surface area contributed by atoms with E-state index in [2.05, 4.69) is 22.4 Å². The molecule has 176 valence electrons. The molecule has 3 aromatic rings. The van der Waals surface area contributed by atoms with Crippen LogP contribution in [0.1, 0.15) is 38.2 Å². The quantitative estimate of drug-likeness (QED) is 0.288. The number of rotatable bonds is 8. The average Bonchev–Trinajstić information content (AvgIpc) is 2.87. The number of hydrazone groups is 1. The number of hydrogen-bond donors (Lipinski definition) is 1. The van der Waals surface area contributed by atoms with Gasteiger partial charge < -0.3 is 9.64 Å². The standard InChI is InChI=1S/C26H28N4O4/c1-2-21-10-5-6-15-29(21)24-14-13-22(30(32)33)16-20(24)17-27-28-26(31)18-34-25-12-7-9-19-8-3-4-11-23(19)25/h3-4,7-9,11-14,16-17,21H,2,5-6,10,15,18H2,1H3,(H,28,31)/b27-17-/t21-/m0/s1. The Kier molecular flexibility index (Phi) is 7.37. The van der Waals surface area contributed by atoms with E-state index in [0.717, 1.165) is 42.3 Å². The lowest BCUT2D eigenvalue weighted by Gasteiger charge is -2.38. The number of nitro groups is 1. The molecule has 0 radical (unpaired) electrons. The molecule has 8 nitrogen and oxygen atoms in total. The topological polar surface area (TPSA) is 97.1 Å². The molecule has 0 bridgehead atoms. The molecule has 4 rings (SSSR count). The Bertz CT molecular complexity index is 1210. The van der Waals surface area contributed by atoms with Crippen LogP contribution in [-0.2, 0) is 4.79 Å². The maximum atomic E-state index is 12.3. The van der Waals surface area contributed by atoms with E-state index in [-0.39, 0.29) is 12.3 Å². The lowest BCUT2D eigenvalue weighted by molar-refractivity contribution is -0.384. The number of carbonyl (C=O) groups is 1. The van der Waals surface area contributed by atoms with Crippen molar-refractivity contribution in [1.29, 1.82) is 0 Å². The molecule has 34 heavy (non-hydrogen) atoms. The molecule has 1 aliphatic rings. The Hall–Kier alpha value is -3.94. The second kappa shape index (κ2) is 10.8. The SMILES string of the molecule is CC[C@H]1CCCCN1c1ccc([N+](=O)[O-])cc1/C=N\NC(=O)COc1cccc2ccccc12. The zero-order valence-electron chi connectivity index (χ0n) is 19.1. The molecule has 0 aromatic heterocycles. The molecule has 1 atom stereocenters. The first-order valence-corrected chi connectivity index (χ1v) is 11.5. The zero-order valence-corrected chi connectivity index (χ0v) is 19.1. The van der Waals surface area contributed by atoms with E-state index in [4.69, 9.17) is 4.74 Å². The summed E-state index contributed by atoms with van der Waals surface area (Å²) in [6.07, 6.45) is 5.81. The molecule has 1 saturated heterocycles. The summed E-state index contributed by atoms with van der Waals surface area (Å²) in [4.78, 5) is 25.5. The first-order chi connectivity index (χ1) is 16.6. The van der Waals surface area contributed by atoms with Crippen LogP contribution in [0.3, 0.4) is 0 Å². The minimum atomic E-state index is -0.425. The summed E-state index contributed by atoms with van der Waals surface area (Å²) in [6, 6.07) is 18.6. The Morgan fingerprint density at radius 3 is 2.85 bits per heavy atom. The van der Waals surface area contributed by atoms with Crippen LogP contribution in [0.5, 0.6) is 5.75 Å². The van der Waals surface area contributed by atoms with Gasteiger partial charge in [-0.1, -0.05) is 43.3 Å². The number of nitrogens with one attached hydrogen (secondary N) is 1. The lowest BCUT2D eigenvalue weighted by atomic mass is 9.98. The fraction of sp³-hybridized carbons (Fsp3) is 0.308. The molecule has 0 saturated carbocycles. The number of fused-ring (bicyclic) bond motifs is 1. The smallest absolute Gasteiger partial charge is 0.277 e. The molecule has 0 aliphatic carbocycles. The minimum Gasteiger partial charge on any atom is -0.483 e. The van der Waals surface area contributed by atoms with Crippen LogP contribution in [0.4, 0.5) is 11.4 Å². The second-order valence-corrected chi connectivity index (χ2v) is 8.31. The summed E-state index contributed by atoms with van der Waals surface area (Å²) in [5.41, 5.74) is 3.95. The maximum Gasteiger partial charge on any atom is 0.277 e. The number of piperidine rings is 1. The number of nitro benzene ring substituents is 1. The highest BCUT2D eigenvalue weighted by molar-refractivity contribution is 5.91.